The number of nitro groups is 2. The van der Waals surface area contributed by atoms with Gasteiger partial charge in [-0.1, -0.05) is 86.3 Å². The number of aromatic amines is 2. The minimum absolute atomic E-state index is 0.00408. The first-order chi connectivity index (χ1) is 65.2. The van der Waals surface area contributed by atoms with Gasteiger partial charge in [-0.25, -0.2) is 54.4 Å². The van der Waals surface area contributed by atoms with Crippen LogP contribution in [0.15, 0.2) is 191 Å². The predicted molar refractivity (Wildman–Crippen MR) is 516 cm³/mol. The Kier molecular flexibility index (Phi) is 26.0. The number of benzene rings is 6. The van der Waals surface area contributed by atoms with Crippen molar-refractivity contribution in [3.8, 4) is 22.9 Å². The van der Waals surface area contributed by atoms with Crippen LogP contribution in [0, 0.1) is 31.1 Å². The van der Waals surface area contributed by atoms with E-state index in [1.165, 1.54) is 33.4 Å². The molecule has 6 saturated heterocycles. The fraction of sp³-hybridized carbons (Fsp3) is 0.408. The van der Waals surface area contributed by atoms with Crippen LogP contribution in [0.1, 0.15) is 124 Å². The maximum absolute atomic E-state index is 15.8. The molecule has 2 amide bonds. The van der Waals surface area contributed by atoms with Crippen molar-refractivity contribution in [2.75, 3.05) is 141 Å². The average Bonchev–Trinajstić information content (AvgIpc) is 1.61. The normalized spacial score (nSPS) is 19.3. The zero-order valence-corrected chi connectivity index (χ0v) is 79.0. The van der Waals surface area contributed by atoms with Crippen molar-refractivity contribution in [3.05, 3.63) is 234 Å². The third kappa shape index (κ3) is 20.2. The number of halogens is 4. The lowest BCUT2D eigenvalue weighted by atomic mass is 9.72. The number of alkyl halides is 2. The molecule has 8 aliphatic rings. The summed E-state index contributed by atoms with van der Waals surface area (Å²) in [5.74, 6) is -2.50. The van der Waals surface area contributed by atoms with Crippen molar-refractivity contribution in [2.24, 2.45) is 10.8 Å². The Morgan fingerprint density at radius 2 is 0.882 bits per heavy atom. The van der Waals surface area contributed by atoms with Crippen LogP contribution in [-0.4, -0.2) is 252 Å². The third-order valence-electron chi connectivity index (χ3n) is 28.1. The number of piperidine rings is 2. The monoisotopic (exact) mass is 1930 g/mol. The van der Waals surface area contributed by atoms with Crippen LogP contribution in [0.3, 0.4) is 0 Å². The van der Waals surface area contributed by atoms with E-state index < -0.39 is 87.4 Å². The quantitative estimate of drug-likeness (QED) is 0.0289. The molecule has 38 heteroatoms. The van der Waals surface area contributed by atoms with Crippen LogP contribution in [0.2, 0.25) is 10.0 Å². The minimum atomic E-state index is -4.69. The second-order valence-corrected chi connectivity index (χ2v) is 42.7. The second kappa shape index (κ2) is 37.9. The van der Waals surface area contributed by atoms with E-state index in [1.54, 1.807) is 58.4 Å². The molecule has 6 fully saturated rings. The maximum Gasteiger partial charge on any atom is 0.312 e. The van der Waals surface area contributed by atoms with Gasteiger partial charge in [0.25, 0.3) is 31.9 Å². The van der Waals surface area contributed by atoms with E-state index in [4.69, 9.17) is 52.1 Å². The van der Waals surface area contributed by atoms with Gasteiger partial charge in [-0.2, -0.15) is 10.2 Å². The SMILES string of the molecule is CC1(C)CCC(CN2CCN(c3ccc(C(=O)NS(=O)(=O)c4ccc(OCC5(F)CCN(C6COC6)CC5)c([N+](=O)[O-])c4)c(-n4ncc5nc6[nH]ccc6cc54)c3)CC2)=C(c2ccc(Cl)cc2)C1.CC1(C)CCC(CN2CCN(c3ccc(C(=O)NS(=O)(=O)c4ccc(OCC5(F)CCN(C6COC6)CC5)c([N+](=O)[O-])c4)c(-n4ncc5nc6[nH]ccc6cc54)c3)CC2)=C(c2ccc(Cl)cc2)C1. The first-order valence-corrected chi connectivity index (χ1v) is 49.7. The number of pyridine rings is 2. The fourth-order valence-electron chi connectivity index (χ4n) is 19.7. The second-order valence-electron chi connectivity index (χ2n) is 38.5. The number of nitro benzene ring substituents is 2. The lowest BCUT2D eigenvalue weighted by molar-refractivity contribution is -0.386. The number of H-pyrrole nitrogens is 2. The van der Waals surface area contributed by atoms with E-state index in [0.717, 1.165) is 146 Å². The predicted octanol–water partition coefficient (Wildman–Crippen LogP) is 15.9. The molecule has 136 heavy (non-hydrogen) atoms. The van der Waals surface area contributed by atoms with Crippen LogP contribution < -0.4 is 28.7 Å². The maximum atomic E-state index is 15.8. The van der Waals surface area contributed by atoms with Crippen molar-refractivity contribution in [3.63, 3.8) is 0 Å². The number of carbonyl (C=O) groups excluding carboxylic acids is 2. The smallest absolute Gasteiger partial charge is 0.312 e. The Bertz CT molecular complexity index is 6500. The van der Waals surface area contributed by atoms with Gasteiger partial charge < -0.3 is 38.7 Å². The molecule has 6 aliphatic heterocycles. The van der Waals surface area contributed by atoms with Gasteiger partial charge in [0.1, 0.15) is 46.9 Å². The highest BCUT2D eigenvalue weighted by Crippen LogP contribution is 2.47. The van der Waals surface area contributed by atoms with E-state index >= 15 is 8.78 Å². The topological polar surface area (TPSA) is 362 Å². The van der Waals surface area contributed by atoms with Crippen molar-refractivity contribution in [1.82, 2.24) is 68.5 Å². The van der Waals surface area contributed by atoms with E-state index in [9.17, 15) is 46.7 Å². The summed E-state index contributed by atoms with van der Waals surface area (Å²) in [6.07, 6.45) is 13.8. The summed E-state index contributed by atoms with van der Waals surface area (Å²) in [7, 11) is -9.38. The van der Waals surface area contributed by atoms with Crippen LogP contribution in [0.4, 0.5) is 31.5 Å². The first-order valence-electron chi connectivity index (χ1n) is 46.0. The molecular formula is C98H106Cl2F2N18O14S2. The van der Waals surface area contributed by atoms with Crippen LogP contribution >= 0.6 is 23.2 Å². The van der Waals surface area contributed by atoms with Gasteiger partial charge in [0.2, 0.25) is 0 Å². The number of nitrogens with zero attached hydrogens (tertiary/aromatic N) is 14. The highest BCUT2D eigenvalue weighted by molar-refractivity contribution is 7.90. The number of amides is 2. The number of rotatable bonds is 26. The number of anilines is 2. The lowest BCUT2D eigenvalue weighted by Gasteiger charge is -2.43. The zero-order valence-electron chi connectivity index (χ0n) is 75.8. The van der Waals surface area contributed by atoms with E-state index in [0.29, 0.717) is 124 Å². The number of hydrogen-bond acceptors (Lipinski definition) is 24. The standard InChI is InChI=1S/2C49H53ClFN9O7S/c2*1-48(2)13-11-34(40(26-48)32-3-5-35(50)6-4-32)28-56-19-21-58(22-20-56)36-7-9-39(42(24-36)59-43-23-33-12-16-52-46(33)54-41(43)27-53-59)47(61)55-68(64,65)38-8-10-45(44(25-38)60(62)63)67-31-49(51)14-17-57(18-15-49)37-29-66-30-37/h2*3-10,12,16,23-25,27,37H,11,13-15,17-22,26,28-31H2,1-2H3,(H,52,54)(H,55,61). The molecule has 32 nitrogen and oxygen atoms in total. The summed E-state index contributed by atoms with van der Waals surface area (Å²) < 4.78 is 117. The van der Waals surface area contributed by atoms with Gasteiger partial charge in [0.05, 0.1) is 104 Å². The highest BCUT2D eigenvalue weighted by atomic mass is 35.5. The molecule has 0 bridgehead atoms. The summed E-state index contributed by atoms with van der Waals surface area (Å²) in [6, 6.07) is 40.8. The van der Waals surface area contributed by atoms with Crippen molar-refractivity contribution >= 4 is 133 Å². The number of allylic oxidation sites excluding steroid dienone is 2. The molecule has 0 unspecified atom stereocenters. The molecule has 20 rings (SSSR count). The molecule has 712 valence electrons. The van der Waals surface area contributed by atoms with Gasteiger partial charge in [-0.15, -0.1) is 0 Å². The van der Waals surface area contributed by atoms with Crippen LogP contribution in [0.5, 0.6) is 11.5 Å². The van der Waals surface area contributed by atoms with Gasteiger partial charge in [0.15, 0.2) is 11.5 Å². The van der Waals surface area contributed by atoms with Gasteiger partial charge in [0, 0.05) is 148 Å². The van der Waals surface area contributed by atoms with Gasteiger partial charge >= 0.3 is 11.4 Å². The fourth-order valence-corrected chi connectivity index (χ4v) is 21.9. The van der Waals surface area contributed by atoms with Crippen molar-refractivity contribution < 1.29 is 64.0 Å². The Labute approximate surface area is 794 Å². The number of sulfonamides is 2. The van der Waals surface area contributed by atoms with Crippen LogP contribution in [-0.2, 0) is 29.5 Å². The number of carbonyl (C=O) groups is 2. The number of aromatic nitrogens is 8. The van der Waals surface area contributed by atoms with Crippen LogP contribution in [0.25, 0.3) is 66.7 Å². The van der Waals surface area contributed by atoms with Crippen molar-refractivity contribution in [2.45, 2.75) is 125 Å². The summed E-state index contributed by atoms with van der Waals surface area (Å²) in [5, 5.41) is 36.9. The molecule has 2 aliphatic carbocycles. The number of ether oxygens (including phenoxy) is 4. The average molecular weight is 1930 g/mol. The highest BCUT2D eigenvalue weighted by Gasteiger charge is 2.43. The summed E-state index contributed by atoms with van der Waals surface area (Å²) in [6.45, 7) is 20.7. The Morgan fingerprint density at radius 1 is 0.500 bits per heavy atom. The first kappa shape index (κ1) is 93.2. The Balaban J connectivity index is 0.000000174. The number of hydrogen-bond donors (Lipinski definition) is 4. The molecule has 0 atom stereocenters. The summed E-state index contributed by atoms with van der Waals surface area (Å²) in [4.78, 5) is 79.8. The summed E-state index contributed by atoms with van der Waals surface area (Å²) in [5.41, 5.74) is 9.67. The van der Waals surface area contributed by atoms with Gasteiger partial charge in [-0.05, 0) is 207 Å². The molecule has 12 aromatic rings. The van der Waals surface area contributed by atoms with Crippen molar-refractivity contribution in [1.29, 1.82) is 0 Å². The largest absolute Gasteiger partial charge is 0.483 e. The number of likely N-dealkylation sites (tertiary alicyclic amines) is 2. The Morgan fingerprint density at radius 3 is 1.24 bits per heavy atom. The minimum Gasteiger partial charge on any atom is -0.483 e. The molecular weight excluding hydrogens is 1830 g/mol. The van der Waals surface area contributed by atoms with E-state index in [-0.39, 0.29) is 71.2 Å². The van der Waals surface area contributed by atoms with Gasteiger partial charge in [-0.3, -0.25) is 49.4 Å². The number of piperazine rings is 2. The third-order valence-corrected chi connectivity index (χ3v) is 31.2. The molecule has 0 spiro atoms. The molecule has 6 aromatic heterocycles. The Hall–Kier alpha value is -11.8. The lowest BCUT2D eigenvalue weighted by Crippen LogP contribution is -2.55. The molecule has 12 heterocycles. The molecule has 0 radical (unpaired) electrons. The molecule has 6 aromatic carbocycles. The van der Waals surface area contributed by atoms with E-state index in [1.807, 2.05) is 60.7 Å². The number of fused-ring (bicyclic) bond motifs is 4. The molecule has 4 N–H and O–H groups in total. The number of nitrogens with one attached hydrogen (secondary N) is 4. The molecule has 0 saturated carbocycles. The zero-order chi connectivity index (χ0) is 94.7. The van der Waals surface area contributed by atoms with E-state index in [2.05, 4.69) is 111 Å². The summed E-state index contributed by atoms with van der Waals surface area (Å²) >= 11 is 12.5.